The molecule has 0 spiro atoms. The lowest BCUT2D eigenvalue weighted by molar-refractivity contribution is -0.133. The Hall–Kier alpha value is -1.44. The van der Waals surface area contributed by atoms with E-state index in [1.807, 2.05) is 0 Å². The molecule has 1 amide bonds. The van der Waals surface area contributed by atoms with Gasteiger partial charge in [0.05, 0.1) is 12.4 Å². The van der Waals surface area contributed by atoms with E-state index in [1.54, 1.807) is 11.0 Å². The number of benzene rings is 1. The van der Waals surface area contributed by atoms with Gasteiger partial charge in [-0.1, -0.05) is 23.7 Å². The van der Waals surface area contributed by atoms with E-state index in [-0.39, 0.29) is 35.6 Å². The summed E-state index contributed by atoms with van der Waals surface area (Å²) in [6.07, 6.45) is 1.64. The molecular formula is C16H19ClFNO4S. The van der Waals surface area contributed by atoms with Gasteiger partial charge in [-0.3, -0.25) is 4.79 Å². The second-order valence-electron chi connectivity index (χ2n) is 5.67. The minimum Gasteiger partial charge on any atom is -0.383 e. The fourth-order valence-corrected chi connectivity index (χ4v) is 4.10. The van der Waals surface area contributed by atoms with Gasteiger partial charge >= 0.3 is 0 Å². The number of hydrogen-bond donors (Lipinski definition) is 0. The summed E-state index contributed by atoms with van der Waals surface area (Å²) >= 11 is 6.02. The largest absolute Gasteiger partial charge is 0.383 e. The summed E-state index contributed by atoms with van der Waals surface area (Å²) in [6, 6.07) is 4.01. The molecule has 2 rings (SSSR count). The molecular weight excluding hydrogens is 357 g/mol. The summed E-state index contributed by atoms with van der Waals surface area (Å²) in [6.45, 7) is 0.889. The molecule has 0 unspecified atom stereocenters. The number of carbonyl (C=O) groups excluding carboxylic acids is 1. The maximum Gasteiger partial charge on any atom is 0.223 e. The van der Waals surface area contributed by atoms with Crippen molar-refractivity contribution in [3.63, 3.8) is 0 Å². The smallest absolute Gasteiger partial charge is 0.223 e. The summed E-state index contributed by atoms with van der Waals surface area (Å²) in [4.78, 5) is 14.1. The highest BCUT2D eigenvalue weighted by Crippen LogP contribution is 2.22. The molecule has 1 aliphatic rings. The van der Waals surface area contributed by atoms with Gasteiger partial charge in [-0.05, 0) is 17.7 Å². The van der Waals surface area contributed by atoms with Crippen molar-refractivity contribution in [2.75, 3.05) is 26.0 Å². The normalized spacial score (nSPS) is 18.7. The molecule has 1 aliphatic heterocycles. The number of methoxy groups -OCH3 is 1. The Morgan fingerprint density at radius 3 is 2.79 bits per heavy atom. The first-order valence-corrected chi connectivity index (χ1v) is 9.51. The molecule has 5 nitrogen and oxygen atoms in total. The molecule has 1 aromatic carbocycles. The third-order valence-corrected chi connectivity index (χ3v) is 5.55. The van der Waals surface area contributed by atoms with E-state index >= 15 is 0 Å². The maximum atomic E-state index is 13.1. The number of rotatable bonds is 7. The van der Waals surface area contributed by atoms with Crippen molar-refractivity contribution in [2.24, 2.45) is 5.92 Å². The SMILES string of the molecule is COCCN(Cc1ccc(F)cc1Cl)C(=O)C[C@H]1C=CS(=O)(=O)C1. The zero-order valence-corrected chi connectivity index (χ0v) is 14.8. The van der Waals surface area contributed by atoms with Crippen LogP contribution in [0.4, 0.5) is 4.39 Å². The standard InChI is InChI=1S/C16H19ClFNO4S/c1-23-6-5-19(10-13-2-3-14(18)9-15(13)17)16(20)8-12-4-7-24(21,22)11-12/h2-4,7,9,12H,5-6,8,10-11H2,1H3/t12-/m1/s1. The Bertz CT molecular complexity index is 736. The molecule has 24 heavy (non-hydrogen) atoms. The van der Waals surface area contributed by atoms with Gasteiger partial charge in [0.15, 0.2) is 9.84 Å². The van der Waals surface area contributed by atoms with Crippen LogP contribution in [0.2, 0.25) is 5.02 Å². The molecule has 1 heterocycles. The van der Waals surface area contributed by atoms with E-state index in [9.17, 15) is 17.6 Å². The van der Waals surface area contributed by atoms with E-state index in [4.69, 9.17) is 16.3 Å². The van der Waals surface area contributed by atoms with Crippen LogP contribution in [0.15, 0.2) is 29.7 Å². The topological polar surface area (TPSA) is 63.7 Å². The summed E-state index contributed by atoms with van der Waals surface area (Å²) in [5.74, 6) is -1.01. The van der Waals surface area contributed by atoms with Crippen LogP contribution in [0.3, 0.4) is 0 Å². The predicted molar refractivity (Wildman–Crippen MR) is 89.7 cm³/mol. The van der Waals surface area contributed by atoms with Crippen LogP contribution in [0.1, 0.15) is 12.0 Å². The third kappa shape index (κ3) is 5.29. The number of sulfone groups is 1. The molecule has 0 saturated carbocycles. The minimum atomic E-state index is -3.19. The van der Waals surface area contributed by atoms with Crippen LogP contribution >= 0.6 is 11.6 Å². The Morgan fingerprint density at radius 1 is 1.46 bits per heavy atom. The first kappa shape index (κ1) is 18.9. The van der Waals surface area contributed by atoms with Crippen LogP contribution < -0.4 is 0 Å². The van der Waals surface area contributed by atoms with E-state index < -0.39 is 15.7 Å². The Kier molecular flexibility index (Phi) is 6.37. The minimum absolute atomic E-state index is 0.0475. The fourth-order valence-electron chi connectivity index (χ4n) is 2.47. The average Bonchev–Trinajstić information content (AvgIpc) is 2.84. The summed E-state index contributed by atoms with van der Waals surface area (Å²) in [5.41, 5.74) is 0.622. The van der Waals surface area contributed by atoms with Gasteiger partial charge in [-0.2, -0.15) is 0 Å². The molecule has 0 aliphatic carbocycles. The van der Waals surface area contributed by atoms with Crippen molar-refractivity contribution in [3.8, 4) is 0 Å². The highest BCUT2D eigenvalue weighted by Gasteiger charge is 2.26. The van der Waals surface area contributed by atoms with Crippen molar-refractivity contribution in [1.82, 2.24) is 4.90 Å². The zero-order valence-electron chi connectivity index (χ0n) is 13.2. The first-order valence-electron chi connectivity index (χ1n) is 7.42. The van der Waals surface area contributed by atoms with Crippen LogP contribution in [0.25, 0.3) is 0 Å². The van der Waals surface area contributed by atoms with Gasteiger partial charge < -0.3 is 9.64 Å². The Labute approximate surface area is 146 Å². The van der Waals surface area contributed by atoms with Crippen LogP contribution in [-0.2, 0) is 25.9 Å². The van der Waals surface area contributed by atoms with E-state index in [0.29, 0.717) is 18.7 Å². The van der Waals surface area contributed by atoms with Crippen LogP contribution in [0, 0.1) is 11.7 Å². The van der Waals surface area contributed by atoms with Gasteiger partial charge in [0.25, 0.3) is 0 Å². The van der Waals surface area contributed by atoms with Crippen molar-refractivity contribution >= 4 is 27.3 Å². The molecule has 0 N–H and O–H groups in total. The van der Waals surface area contributed by atoms with Gasteiger partial charge in [-0.25, -0.2) is 12.8 Å². The molecule has 0 fully saturated rings. The quantitative estimate of drug-likeness (QED) is 0.734. The number of allylic oxidation sites excluding steroid dienone is 1. The molecule has 132 valence electrons. The molecule has 0 bridgehead atoms. The summed E-state index contributed by atoms with van der Waals surface area (Å²) in [7, 11) is -1.67. The number of halogens is 2. The number of ether oxygens (including phenoxy) is 1. The van der Waals surface area contributed by atoms with Crippen LogP contribution in [-0.4, -0.2) is 45.2 Å². The lowest BCUT2D eigenvalue weighted by Gasteiger charge is -2.24. The average molecular weight is 376 g/mol. The van der Waals surface area contributed by atoms with E-state index in [0.717, 1.165) is 5.41 Å². The molecule has 0 aromatic heterocycles. The van der Waals surface area contributed by atoms with Crippen molar-refractivity contribution in [1.29, 1.82) is 0 Å². The molecule has 8 heteroatoms. The van der Waals surface area contributed by atoms with Gasteiger partial charge in [0.1, 0.15) is 5.82 Å². The monoisotopic (exact) mass is 375 g/mol. The van der Waals surface area contributed by atoms with Crippen LogP contribution in [0.5, 0.6) is 0 Å². The highest BCUT2D eigenvalue weighted by molar-refractivity contribution is 7.94. The predicted octanol–water partition coefficient (Wildman–Crippen LogP) is 2.40. The number of carbonyl (C=O) groups is 1. The fraction of sp³-hybridized carbons (Fsp3) is 0.438. The van der Waals surface area contributed by atoms with Gasteiger partial charge in [0.2, 0.25) is 5.91 Å². The van der Waals surface area contributed by atoms with E-state index in [1.165, 1.54) is 25.3 Å². The van der Waals surface area contributed by atoms with Gasteiger partial charge in [-0.15, -0.1) is 0 Å². The maximum absolute atomic E-state index is 13.1. The lowest BCUT2D eigenvalue weighted by atomic mass is 10.1. The summed E-state index contributed by atoms with van der Waals surface area (Å²) in [5, 5.41) is 1.40. The first-order chi connectivity index (χ1) is 11.3. The van der Waals surface area contributed by atoms with Crippen molar-refractivity contribution < 1.29 is 22.3 Å². The number of hydrogen-bond acceptors (Lipinski definition) is 4. The van der Waals surface area contributed by atoms with Gasteiger partial charge in [0, 0.05) is 43.0 Å². The molecule has 0 saturated heterocycles. The highest BCUT2D eigenvalue weighted by atomic mass is 35.5. The molecule has 1 atom stereocenters. The Balaban J connectivity index is 2.06. The van der Waals surface area contributed by atoms with E-state index in [2.05, 4.69) is 0 Å². The Morgan fingerprint density at radius 2 is 2.21 bits per heavy atom. The molecule has 0 radical (unpaired) electrons. The second-order valence-corrected chi connectivity index (χ2v) is 8.00. The molecule has 1 aromatic rings. The second kappa shape index (κ2) is 8.09. The number of amides is 1. The van der Waals surface area contributed by atoms with Crippen molar-refractivity contribution in [2.45, 2.75) is 13.0 Å². The lowest BCUT2D eigenvalue weighted by Crippen LogP contribution is -2.34. The zero-order chi connectivity index (χ0) is 17.7. The van der Waals surface area contributed by atoms with Crippen molar-refractivity contribution in [3.05, 3.63) is 46.1 Å². The summed E-state index contributed by atoms with van der Waals surface area (Å²) < 4.78 is 41.1. The third-order valence-electron chi connectivity index (χ3n) is 3.74. The number of nitrogens with zero attached hydrogens (tertiary/aromatic N) is 1.